The fourth-order valence-corrected chi connectivity index (χ4v) is 2.44. The standard InChI is InChI=1S/C16H18N2O/c17-13-4-6-15(7-5-13)19-16-3-1-2-11(10-16)12-8-14(18)9-12/h1-7,10,12,14H,8-9,17-18H2. The Bertz CT molecular complexity index is 559. The molecule has 0 atom stereocenters. The van der Waals surface area contributed by atoms with Crippen LogP contribution in [0.1, 0.15) is 24.3 Å². The van der Waals surface area contributed by atoms with E-state index in [4.69, 9.17) is 16.2 Å². The summed E-state index contributed by atoms with van der Waals surface area (Å²) in [6.45, 7) is 0. The average molecular weight is 254 g/mol. The number of benzene rings is 2. The van der Waals surface area contributed by atoms with Gasteiger partial charge in [-0.15, -0.1) is 0 Å². The number of nitrogen functional groups attached to an aromatic ring is 1. The van der Waals surface area contributed by atoms with Crippen molar-refractivity contribution < 1.29 is 4.74 Å². The molecule has 1 aliphatic carbocycles. The van der Waals surface area contributed by atoms with Crippen molar-refractivity contribution >= 4 is 5.69 Å². The molecule has 4 N–H and O–H groups in total. The van der Waals surface area contributed by atoms with Crippen molar-refractivity contribution in [2.45, 2.75) is 24.8 Å². The molecular formula is C16H18N2O. The lowest BCUT2D eigenvalue weighted by Crippen LogP contribution is -2.34. The van der Waals surface area contributed by atoms with E-state index in [-0.39, 0.29) is 0 Å². The van der Waals surface area contributed by atoms with Gasteiger partial charge < -0.3 is 16.2 Å². The minimum Gasteiger partial charge on any atom is -0.457 e. The van der Waals surface area contributed by atoms with Crippen LogP contribution in [0, 0.1) is 0 Å². The molecule has 0 saturated heterocycles. The summed E-state index contributed by atoms with van der Waals surface area (Å²) >= 11 is 0. The quantitative estimate of drug-likeness (QED) is 0.826. The molecule has 1 fully saturated rings. The van der Waals surface area contributed by atoms with Gasteiger partial charge in [0, 0.05) is 11.7 Å². The Kier molecular flexibility index (Phi) is 3.13. The van der Waals surface area contributed by atoms with Gasteiger partial charge in [0.1, 0.15) is 11.5 Å². The van der Waals surface area contributed by atoms with Crippen LogP contribution in [0.5, 0.6) is 11.5 Å². The molecule has 3 heteroatoms. The average Bonchev–Trinajstić information content (AvgIpc) is 2.38. The zero-order valence-corrected chi connectivity index (χ0v) is 10.8. The molecule has 3 rings (SSSR count). The van der Waals surface area contributed by atoms with Gasteiger partial charge in [0.15, 0.2) is 0 Å². The lowest BCUT2D eigenvalue weighted by molar-refractivity contribution is 0.350. The topological polar surface area (TPSA) is 61.3 Å². The predicted molar refractivity (Wildman–Crippen MR) is 77.3 cm³/mol. The van der Waals surface area contributed by atoms with Crippen LogP contribution in [0.4, 0.5) is 5.69 Å². The molecule has 3 nitrogen and oxygen atoms in total. The molecule has 0 radical (unpaired) electrons. The number of hydrogen-bond donors (Lipinski definition) is 2. The lowest BCUT2D eigenvalue weighted by Gasteiger charge is -2.32. The van der Waals surface area contributed by atoms with Crippen LogP contribution in [-0.2, 0) is 0 Å². The molecule has 0 amide bonds. The number of anilines is 1. The van der Waals surface area contributed by atoms with Crippen LogP contribution < -0.4 is 16.2 Å². The predicted octanol–water partition coefficient (Wildman–Crippen LogP) is 3.27. The molecule has 2 aromatic carbocycles. The maximum Gasteiger partial charge on any atom is 0.127 e. The summed E-state index contributed by atoms with van der Waals surface area (Å²) in [5.74, 6) is 2.25. The second-order valence-corrected chi connectivity index (χ2v) is 5.17. The van der Waals surface area contributed by atoms with Gasteiger partial charge in [-0.3, -0.25) is 0 Å². The first-order valence-electron chi connectivity index (χ1n) is 6.59. The Morgan fingerprint density at radius 2 is 1.68 bits per heavy atom. The zero-order valence-electron chi connectivity index (χ0n) is 10.8. The Balaban J connectivity index is 1.74. The molecule has 0 unspecified atom stereocenters. The number of rotatable bonds is 3. The van der Waals surface area contributed by atoms with E-state index in [1.165, 1.54) is 5.56 Å². The second kappa shape index (κ2) is 4.94. The third-order valence-electron chi connectivity index (χ3n) is 3.62. The highest BCUT2D eigenvalue weighted by molar-refractivity contribution is 5.43. The molecule has 1 aliphatic rings. The highest BCUT2D eigenvalue weighted by atomic mass is 16.5. The number of ether oxygens (including phenoxy) is 1. The van der Waals surface area contributed by atoms with Gasteiger partial charge in [-0.2, -0.15) is 0 Å². The van der Waals surface area contributed by atoms with Gasteiger partial charge in [-0.05, 0) is 60.7 Å². The SMILES string of the molecule is Nc1ccc(Oc2cccc(C3CC(N)C3)c2)cc1. The molecule has 0 aromatic heterocycles. The zero-order chi connectivity index (χ0) is 13.2. The van der Waals surface area contributed by atoms with Crippen LogP contribution in [0.2, 0.25) is 0 Å². The number of hydrogen-bond acceptors (Lipinski definition) is 3. The smallest absolute Gasteiger partial charge is 0.127 e. The van der Waals surface area contributed by atoms with E-state index in [0.29, 0.717) is 12.0 Å². The molecule has 1 saturated carbocycles. The van der Waals surface area contributed by atoms with E-state index in [0.717, 1.165) is 30.0 Å². The van der Waals surface area contributed by atoms with E-state index in [1.54, 1.807) is 0 Å². The van der Waals surface area contributed by atoms with E-state index >= 15 is 0 Å². The van der Waals surface area contributed by atoms with Crippen LogP contribution in [0.15, 0.2) is 48.5 Å². The number of nitrogens with two attached hydrogens (primary N) is 2. The molecule has 19 heavy (non-hydrogen) atoms. The maximum absolute atomic E-state index is 5.84. The van der Waals surface area contributed by atoms with Crippen LogP contribution >= 0.6 is 0 Å². The first-order valence-corrected chi connectivity index (χ1v) is 6.59. The Morgan fingerprint density at radius 1 is 0.947 bits per heavy atom. The van der Waals surface area contributed by atoms with Gasteiger partial charge in [-0.1, -0.05) is 12.1 Å². The van der Waals surface area contributed by atoms with Crippen molar-refractivity contribution in [3.05, 3.63) is 54.1 Å². The Labute approximate surface area is 113 Å². The highest BCUT2D eigenvalue weighted by Gasteiger charge is 2.27. The van der Waals surface area contributed by atoms with Crippen molar-refractivity contribution in [2.24, 2.45) is 5.73 Å². The highest BCUT2D eigenvalue weighted by Crippen LogP contribution is 2.37. The van der Waals surface area contributed by atoms with Crippen LogP contribution in [-0.4, -0.2) is 6.04 Å². The van der Waals surface area contributed by atoms with Gasteiger partial charge >= 0.3 is 0 Å². The summed E-state index contributed by atoms with van der Waals surface area (Å²) in [5, 5.41) is 0. The fourth-order valence-electron chi connectivity index (χ4n) is 2.44. The minimum absolute atomic E-state index is 0.367. The van der Waals surface area contributed by atoms with Gasteiger partial charge in [-0.25, -0.2) is 0 Å². The summed E-state index contributed by atoms with van der Waals surface area (Å²) in [4.78, 5) is 0. The van der Waals surface area contributed by atoms with Crippen molar-refractivity contribution in [1.82, 2.24) is 0 Å². The monoisotopic (exact) mass is 254 g/mol. The molecular weight excluding hydrogens is 236 g/mol. The maximum atomic E-state index is 5.84. The fraction of sp³-hybridized carbons (Fsp3) is 0.250. The molecule has 2 aromatic rings. The van der Waals surface area contributed by atoms with Gasteiger partial charge in [0.2, 0.25) is 0 Å². The van der Waals surface area contributed by atoms with Crippen molar-refractivity contribution in [2.75, 3.05) is 5.73 Å². The molecule has 0 bridgehead atoms. The van der Waals surface area contributed by atoms with Crippen molar-refractivity contribution in [1.29, 1.82) is 0 Å². The normalized spacial score (nSPS) is 21.7. The van der Waals surface area contributed by atoms with Crippen LogP contribution in [0.25, 0.3) is 0 Å². The lowest BCUT2D eigenvalue weighted by atomic mass is 9.76. The third kappa shape index (κ3) is 2.71. The van der Waals surface area contributed by atoms with E-state index < -0.39 is 0 Å². The van der Waals surface area contributed by atoms with Crippen molar-refractivity contribution in [3.63, 3.8) is 0 Å². The third-order valence-corrected chi connectivity index (χ3v) is 3.62. The Morgan fingerprint density at radius 3 is 2.37 bits per heavy atom. The molecule has 0 aliphatic heterocycles. The molecule has 0 spiro atoms. The summed E-state index contributed by atoms with van der Waals surface area (Å²) in [6, 6.07) is 16.0. The van der Waals surface area contributed by atoms with Crippen molar-refractivity contribution in [3.8, 4) is 11.5 Å². The molecule has 0 heterocycles. The summed E-state index contributed by atoms with van der Waals surface area (Å²) in [7, 11) is 0. The van der Waals surface area contributed by atoms with E-state index in [1.807, 2.05) is 36.4 Å². The van der Waals surface area contributed by atoms with E-state index in [9.17, 15) is 0 Å². The summed E-state index contributed by atoms with van der Waals surface area (Å²) < 4.78 is 5.83. The largest absolute Gasteiger partial charge is 0.457 e. The first-order chi connectivity index (χ1) is 9.20. The summed E-state index contributed by atoms with van der Waals surface area (Å²) in [5.41, 5.74) is 13.5. The van der Waals surface area contributed by atoms with E-state index in [2.05, 4.69) is 12.1 Å². The second-order valence-electron chi connectivity index (χ2n) is 5.17. The molecule has 98 valence electrons. The van der Waals surface area contributed by atoms with Gasteiger partial charge in [0.05, 0.1) is 0 Å². The van der Waals surface area contributed by atoms with Crippen LogP contribution in [0.3, 0.4) is 0 Å². The van der Waals surface area contributed by atoms with Gasteiger partial charge in [0.25, 0.3) is 0 Å². The minimum atomic E-state index is 0.367. The Hall–Kier alpha value is -2.00. The summed E-state index contributed by atoms with van der Waals surface area (Å²) in [6.07, 6.45) is 2.15. The first kappa shape index (κ1) is 12.1.